The number of esters is 1. The van der Waals surface area contributed by atoms with Gasteiger partial charge in [0, 0.05) is 57.6 Å². The van der Waals surface area contributed by atoms with E-state index in [0.717, 1.165) is 5.56 Å². The van der Waals surface area contributed by atoms with Crippen molar-refractivity contribution in [2.75, 3.05) is 44.7 Å². The standard InChI is InChI=1S/C26H30N6O5S/c1-3-30-16-20(24(35)36)22(34)19-15-27-25(29-23(19)30)31-9-11-32(12-10-31)26(38)28-14-18(13-21(33)37-2)17-7-5-4-6-8-17/h4-8,15-16,18H,3,9-14H2,1-2H3,(H,28,38)(H,35,36). The Morgan fingerprint density at radius 1 is 1.18 bits per heavy atom. The summed E-state index contributed by atoms with van der Waals surface area (Å²) in [5.74, 6) is -1.15. The number of hydrogen-bond donors (Lipinski definition) is 2. The third kappa shape index (κ3) is 5.91. The summed E-state index contributed by atoms with van der Waals surface area (Å²) in [6.07, 6.45) is 2.98. The number of benzene rings is 1. The number of anilines is 1. The van der Waals surface area contributed by atoms with Crippen LogP contribution in [0.1, 0.15) is 35.2 Å². The van der Waals surface area contributed by atoms with Gasteiger partial charge in [0.05, 0.1) is 18.9 Å². The minimum Gasteiger partial charge on any atom is -0.477 e. The van der Waals surface area contributed by atoms with Gasteiger partial charge < -0.3 is 29.5 Å². The number of nitrogens with zero attached hydrogens (tertiary/aromatic N) is 5. The van der Waals surface area contributed by atoms with Crippen LogP contribution in [0.5, 0.6) is 0 Å². The smallest absolute Gasteiger partial charge is 0.341 e. The number of aromatic nitrogens is 3. The normalized spacial score (nSPS) is 14.3. The lowest BCUT2D eigenvalue weighted by Gasteiger charge is -2.36. The maximum atomic E-state index is 12.6. The first kappa shape index (κ1) is 27.0. The van der Waals surface area contributed by atoms with Crippen LogP contribution in [-0.4, -0.2) is 81.4 Å². The molecule has 0 radical (unpaired) electrons. The number of pyridine rings is 1. The lowest BCUT2D eigenvalue weighted by molar-refractivity contribution is -0.141. The highest BCUT2D eigenvalue weighted by atomic mass is 32.1. The number of fused-ring (bicyclic) bond motifs is 1. The van der Waals surface area contributed by atoms with Crippen molar-refractivity contribution < 1.29 is 19.4 Å². The molecule has 0 amide bonds. The molecular formula is C26H30N6O5S. The minimum absolute atomic E-state index is 0.0771. The lowest BCUT2D eigenvalue weighted by Crippen LogP contribution is -2.52. The SMILES string of the molecule is CCn1cc(C(=O)O)c(=O)c2cnc(N3CCN(C(=S)NCC(CC(=O)OC)c4ccccc4)CC3)nc21. The van der Waals surface area contributed by atoms with Crippen LogP contribution in [0.4, 0.5) is 5.95 Å². The third-order valence-electron chi connectivity index (χ3n) is 6.63. The Labute approximate surface area is 225 Å². The van der Waals surface area contributed by atoms with Gasteiger partial charge in [-0.15, -0.1) is 0 Å². The molecule has 0 bridgehead atoms. The van der Waals surface area contributed by atoms with Crippen molar-refractivity contribution in [3.63, 3.8) is 0 Å². The first-order valence-corrected chi connectivity index (χ1v) is 12.8. The number of hydrogen-bond acceptors (Lipinski definition) is 8. The van der Waals surface area contributed by atoms with E-state index in [1.807, 2.05) is 42.2 Å². The Kier molecular flexibility index (Phi) is 8.52. The summed E-state index contributed by atoms with van der Waals surface area (Å²) in [6.45, 7) is 5.32. The highest BCUT2D eigenvalue weighted by Crippen LogP contribution is 2.20. The van der Waals surface area contributed by atoms with Crippen molar-refractivity contribution in [1.29, 1.82) is 0 Å². The summed E-state index contributed by atoms with van der Waals surface area (Å²) in [7, 11) is 1.38. The molecule has 2 aromatic heterocycles. The van der Waals surface area contributed by atoms with Crippen LogP contribution in [0.3, 0.4) is 0 Å². The number of piperazine rings is 1. The predicted octanol–water partition coefficient (Wildman–Crippen LogP) is 1.85. The average molecular weight is 539 g/mol. The number of thiocarbonyl (C=S) groups is 1. The average Bonchev–Trinajstić information content (AvgIpc) is 2.95. The fraction of sp³-hybridized carbons (Fsp3) is 0.385. The number of ether oxygens (including phenoxy) is 1. The Morgan fingerprint density at radius 2 is 1.89 bits per heavy atom. The quantitative estimate of drug-likeness (QED) is 0.322. The monoisotopic (exact) mass is 538 g/mol. The molecule has 38 heavy (non-hydrogen) atoms. The minimum atomic E-state index is -1.27. The summed E-state index contributed by atoms with van der Waals surface area (Å²) >= 11 is 5.65. The van der Waals surface area contributed by atoms with Gasteiger partial charge in [0.15, 0.2) is 5.11 Å². The zero-order valence-corrected chi connectivity index (χ0v) is 22.1. The second kappa shape index (κ2) is 12.0. The van der Waals surface area contributed by atoms with Gasteiger partial charge in [0.2, 0.25) is 11.4 Å². The van der Waals surface area contributed by atoms with E-state index in [4.69, 9.17) is 17.0 Å². The molecule has 4 rings (SSSR count). The molecule has 3 heterocycles. The molecule has 1 aliphatic heterocycles. The van der Waals surface area contributed by atoms with Crippen LogP contribution in [0, 0.1) is 0 Å². The van der Waals surface area contributed by atoms with Crippen LogP contribution in [0.2, 0.25) is 0 Å². The van der Waals surface area contributed by atoms with Crippen LogP contribution < -0.4 is 15.6 Å². The van der Waals surface area contributed by atoms with E-state index in [-0.39, 0.29) is 29.3 Å². The molecule has 12 heteroatoms. The molecule has 2 N–H and O–H groups in total. The molecule has 0 aliphatic carbocycles. The molecule has 0 saturated carbocycles. The van der Waals surface area contributed by atoms with Gasteiger partial charge in [0.25, 0.3) is 0 Å². The zero-order chi connectivity index (χ0) is 27.2. The lowest BCUT2D eigenvalue weighted by atomic mass is 9.96. The van der Waals surface area contributed by atoms with Gasteiger partial charge >= 0.3 is 11.9 Å². The summed E-state index contributed by atoms with van der Waals surface area (Å²) in [5.41, 5.74) is 0.551. The molecule has 3 aromatic rings. The van der Waals surface area contributed by atoms with Crippen molar-refractivity contribution in [2.24, 2.45) is 0 Å². The van der Waals surface area contributed by atoms with Gasteiger partial charge in [0.1, 0.15) is 11.2 Å². The fourth-order valence-corrected chi connectivity index (χ4v) is 4.72. The fourth-order valence-electron chi connectivity index (χ4n) is 4.46. The molecule has 1 saturated heterocycles. The number of aryl methyl sites for hydroxylation is 1. The number of carboxylic acids is 1. The van der Waals surface area contributed by atoms with E-state index in [1.165, 1.54) is 19.5 Å². The van der Waals surface area contributed by atoms with Crippen molar-refractivity contribution in [3.8, 4) is 0 Å². The molecule has 0 spiro atoms. The molecule has 11 nitrogen and oxygen atoms in total. The summed E-state index contributed by atoms with van der Waals surface area (Å²) < 4.78 is 6.52. The largest absolute Gasteiger partial charge is 0.477 e. The van der Waals surface area contributed by atoms with E-state index < -0.39 is 11.4 Å². The molecule has 1 unspecified atom stereocenters. The van der Waals surface area contributed by atoms with Crippen LogP contribution in [0.25, 0.3) is 11.0 Å². The van der Waals surface area contributed by atoms with Crippen molar-refractivity contribution in [1.82, 2.24) is 24.8 Å². The highest BCUT2D eigenvalue weighted by molar-refractivity contribution is 7.80. The van der Waals surface area contributed by atoms with Crippen LogP contribution in [0.15, 0.2) is 47.5 Å². The predicted molar refractivity (Wildman–Crippen MR) is 147 cm³/mol. The van der Waals surface area contributed by atoms with E-state index in [0.29, 0.717) is 56.0 Å². The second-order valence-electron chi connectivity index (χ2n) is 8.92. The number of rotatable bonds is 8. The molecule has 1 aliphatic rings. The molecular weight excluding hydrogens is 508 g/mol. The molecule has 1 fully saturated rings. The van der Waals surface area contributed by atoms with E-state index in [9.17, 15) is 19.5 Å². The first-order chi connectivity index (χ1) is 18.3. The Bertz CT molecular complexity index is 1390. The molecule has 200 valence electrons. The van der Waals surface area contributed by atoms with Crippen LogP contribution in [-0.2, 0) is 16.1 Å². The number of carboxylic acid groups (broad SMARTS) is 1. The maximum absolute atomic E-state index is 12.6. The van der Waals surface area contributed by atoms with Gasteiger partial charge in [-0.05, 0) is 24.7 Å². The van der Waals surface area contributed by atoms with Crippen LogP contribution >= 0.6 is 12.2 Å². The Hall–Kier alpha value is -4.06. The van der Waals surface area contributed by atoms with Gasteiger partial charge in [-0.25, -0.2) is 9.78 Å². The van der Waals surface area contributed by atoms with Gasteiger partial charge in [-0.2, -0.15) is 4.98 Å². The summed E-state index contributed by atoms with van der Waals surface area (Å²) in [5, 5.41) is 13.4. The molecule has 1 aromatic carbocycles. The van der Waals surface area contributed by atoms with Crippen molar-refractivity contribution >= 4 is 46.3 Å². The van der Waals surface area contributed by atoms with Gasteiger partial charge in [-0.1, -0.05) is 30.3 Å². The zero-order valence-electron chi connectivity index (χ0n) is 21.3. The highest BCUT2D eigenvalue weighted by Gasteiger charge is 2.24. The topological polar surface area (TPSA) is 130 Å². The number of carbonyl (C=O) groups excluding carboxylic acids is 1. The number of methoxy groups -OCH3 is 1. The summed E-state index contributed by atoms with van der Waals surface area (Å²) in [6, 6.07) is 9.79. The maximum Gasteiger partial charge on any atom is 0.341 e. The number of nitrogens with one attached hydrogen (secondary N) is 1. The Balaban J connectivity index is 1.41. The van der Waals surface area contributed by atoms with Crippen molar-refractivity contribution in [3.05, 3.63) is 64.1 Å². The second-order valence-corrected chi connectivity index (χ2v) is 9.31. The van der Waals surface area contributed by atoms with E-state index >= 15 is 0 Å². The van der Waals surface area contributed by atoms with Crippen molar-refractivity contribution in [2.45, 2.75) is 25.8 Å². The Morgan fingerprint density at radius 3 is 2.53 bits per heavy atom. The third-order valence-corrected chi connectivity index (χ3v) is 7.04. The van der Waals surface area contributed by atoms with E-state index in [1.54, 1.807) is 4.57 Å². The number of carbonyl (C=O) groups is 2. The van der Waals surface area contributed by atoms with Gasteiger partial charge in [-0.3, -0.25) is 9.59 Å². The first-order valence-electron chi connectivity index (χ1n) is 12.3. The summed E-state index contributed by atoms with van der Waals surface area (Å²) in [4.78, 5) is 49.0. The van der Waals surface area contributed by atoms with E-state index in [2.05, 4.69) is 20.2 Å². The number of aromatic carboxylic acids is 1. The molecule has 1 atom stereocenters.